The minimum Gasteiger partial charge on any atom is -0.493 e. The SMILES string of the molecule is CCCCCCOc1ccccc1C(=O)NC(=S)Nc1ccccc1. The molecule has 1 amide bonds. The highest BCUT2D eigenvalue weighted by molar-refractivity contribution is 7.80. The van der Waals surface area contributed by atoms with E-state index >= 15 is 0 Å². The molecule has 0 saturated heterocycles. The number of hydrogen-bond donors (Lipinski definition) is 2. The average Bonchev–Trinajstić information content (AvgIpc) is 2.62. The van der Waals surface area contributed by atoms with Crippen LogP contribution in [0.2, 0.25) is 0 Å². The summed E-state index contributed by atoms with van der Waals surface area (Å²) in [6, 6.07) is 16.7. The normalized spacial score (nSPS) is 10.1. The molecule has 2 aromatic rings. The van der Waals surface area contributed by atoms with Crippen LogP contribution in [0.1, 0.15) is 43.0 Å². The van der Waals surface area contributed by atoms with Crippen LogP contribution >= 0.6 is 12.2 Å². The highest BCUT2D eigenvalue weighted by Crippen LogP contribution is 2.18. The number of amides is 1. The van der Waals surface area contributed by atoms with Gasteiger partial charge in [-0.05, 0) is 42.9 Å². The maximum absolute atomic E-state index is 12.5. The molecule has 2 N–H and O–H groups in total. The lowest BCUT2D eigenvalue weighted by molar-refractivity contribution is 0.0973. The number of nitrogens with one attached hydrogen (secondary N) is 2. The van der Waals surface area contributed by atoms with Crippen molar-refractivity contribution in [2.45, 2.75) is 32.6 Å². The van der Waals surface area contributed by atoms with Crippen molar-refractivity contribution in [1.82, 2.24) is 5.32 Å². The van der Waals surface area contributed by atoms with Crippen molar-refractivity contribution >= 4 is 28.9 Å². The average molecular weight is 356 g/mol. The van der Waals surface area contributed by atoms with Crippen molar-refractivity contribution in [2.24, 2.45) is 0 Å². The van der Waals surface area contributed by atoms with Crippen LogP contribution < -0.4 is 15.4 Å². The quantitative estimate of drug-likeness (QED) is 0.528. The number of carbonyl (C=O) groups is 1. The first-order valence-corrected chi connectivity index (χ1v) is 9.00. The lowest BCUT2D eigenvalue weighted by atomic mass is 10.2. The molecule has 132 valence electrons. The van der Waals surface area contributed by atoms with E-state index in [-0.39, 0.29) is 11.0 Å². The Kier molecular flexibility index (Phi) is 7.92. The van der Waals surface area contributed by atoms with Gasteiger partial charge in [0.2, 0.25) is 0 Å². The number of benzene rings is 2. The van der Waals surface area contributed by atoms with Gasteiger partial charge in [-0.15, -0.1) is 0 Å². The van der Waals surface area contributed by atoms with E-state index in [1.54, 1.807) is 6.07 Å². The summed E-state index contributed by atoms with van der Waals surface area (Å²) in [6.45, 7) is 2.78. The Balaban J connectivity index is 1.91. The number of thiocarbonyl (C=S) groups is 1. The van der Waals surface area contributed by atoms with Crippen molar-refractivity contribution in [3.05, 3.63) is 60.2 Å². The van der Waals surface area contributed by atoms with Gasteiger partial charge in [-0.25, -0.2) is 0 Å². The maximum atomic E-state index is 12.5. The zero-order valence-corrected chi connectivity index (χ0v) is 15.3. The monoisotopic (exact) mass is 356 g/mol. The number of rotatable bonds is 8. The first kappa shape index (κ1) is 18.9. The second-order valence-corrected chi connectivity index (χ2v) is 6.09. The minimum absolute atomic E-state index is 0.258. The summed E-state index contributed by atoms with van der Waals surface area (Å²) >= 11 is 5.21. The van der Waals surface area contributed by atoms with Crippen molar-refractivity contribution < 1.29 is 9.53 Å². The highest BCUT2D eigenvalue weighted by Gasteiger charge is 2.13. The molecule has 0 radical (unpaired) electrons. The molecule has 0 unspecified atom stereocenters. The molecule has 0 fully saturated rings. The Morgan fingerprint density at radius 3 is 2.48 bits per heavy atom. The van der Waals surface area contributed by atoms with Crippen LogP contribution in [-0.4, -0.2) is 17.6 Å². The molecule has 0 aliphatic heterocycles. The Labute approximate surface area is 154 Å². The summed E-state index contributed by atoms with van der Waals surface area (Å²) in [6.07, 6.45) is 4.50. The molecule has 0 saturated carbocycles. The third-order valence-corrected chi connectivity index (χ3v) is 3.85. The largest absolute Gasteiger partial charge is 0.493 e. The molecule has 25 heavy (non-hydrogen) atoms. The van der Waals surface area contributed by atoms with Gasteiger partial charge in [0.1, 0.15) is 5.75 Å². The summed E-state index contributed by atoms with van der Waals surface area (Å²) in [5.41, 5.74) is 1.31. The molecule has 0 aliphatic carbocycles. The molecule has 4 nitrogen and oxygen atoms in total. The second kappa shape index (κ2) is 10.5. The van der Waals surface area contributed by atoms with Crippen LogP contribution in [0.4, 0.5) is 5.69 Å². The van der Waals surface area contributed by atoms with Gasteiger partial charge in [0.15, 0.2) is 5.11 Å². The van der Waals surface area contributed by atoms with Gasteiger partial charge in [-0.2, -0.15) is 0 Å². The predicted molar refractivity (Wildman–Crippen MR) is 106 cm³/mol. The molecule has 0 aliphatic rings. The first-order valence-electron chi connectivity index (χ1n) is 8.60. The fraction of sp³-hybridized carbons (Fsp3) is 0.300. The van der Waals surface area contributed by atoms with Crippen molar-refractivity contribution in [1.29, 1.82) is 0 Å². The van der Waals surface area contributed by atoms with E-state index in [0.29, 0.717) is 17.9 Å². The van der Waals surface area contributed by atoms with Crippen LogP contribution in [-0.2, 0) is 0 Å². The van der Waals surface area contributed by atoms with Gasteiger partial charge < -0.3 is 10.1 Å². The number of hydrogen-bond acceptors (Lipinski definition) is 3. The molecular weight excluding hydrogens is 332 g/mol. The zero-order chi connectivity index (χ0) is 17.9. The van der Waals surface area contributed by atoms with E-state index in [4.69, 9.17) is 17.0 Å². The van der Waals surface area contributed by atoms with Gasteiger partial charge in [0.05, 0.1) is 12.2 Å². The van der Waals surface area contributed by atoms with Crippen molar-refractivity contribution in [3.8, 4) is 5.75 Å². The zero-order valence-electron chi connectivity index (χ0n) is 14.5. The van der Waals surface area contributed by atoms with Crippen molar-refractivity contribution in [2.75, 3.05) is 11.9 Å². The molecule has 0 atom stereocenters. The van der Waals surface area contributed by atoms with E-state index in [9.17, 15) is 4.79 Å². The number of carbonyl (C=O) groups excluding carboxylic acids is 1. The first-order chi connectivity index (χ1) is 12.2. The lowest BCUT2D eigenvalue weighted by Crippen LogP contribution is -2.34. The smallest absolute Gasteiger partial charge is 0.261 e. The Hall–Kier alpha value is -2.40. The van der Waals surface area contributed by atoms with E-state index in [0.717, 1.165) is 18.5 Å². The van der Waals surface area contributed by atoms with Crippen LogP contribution in [0.25, 0.3) is 0 Å². The topological polar surface area (TPSA) is 50.4 Å². The predicted octanol–water partition coefficient (Wildman–Crippen LogP) is 4.77. The Bertz CT molecular complexity index is 689. The van der Waals surface area contributed by atoms with Crippen LogP contribution in [0, 0.1) is 0 Å². The summed E-state index contributed by atoms with van der Waals surface area (Å²) in [5.74, 6) is 0.302. The maximum Gasteiger partial charge on any atom is 0.261 e. The highest BCUT2D eigenvalue weighted by atomic mass is 32.1. The molecule has 0 heterocycles. The fourth-order valence-electron chi connectivity index (χ4n) is 2.35. The van der Waals surface area contributed by atoms with Gasteiger partial charge in [0, 0.05) is 5.69 Å². The van der Waals surface area contributed by atoms with Crippen LogP contribution in [0.3, 0.4) is 0 Å². The third kappa shape index (κ3) is 6.55. The van der Waals surface area contributed by atoms with Gasteiger partial charge >= 0.3 is 0 Å². The van der Waals surface area contributed by atoms with E-state index in [2.05, 4.69) is 17.6 Å². The molecule has 0 spiro atoms. The molecule has 0 aromatic heterocycles. The van der Waals surface area contributed by atoms with E-state index in [1.807, 2.05) is 48.5 Å². The number of para-hydroxylation sites is 2. The molecule has 2 rings (SSSR count). The lowest BCUT2D eigenvalue weighted by Gasteiger charge is -2.13. The summed E-state index contributed by atoms with van der Waals surface area (Å²) in [5, 5.41) is 5.94. The van der Waals surface area contributed by atoms with E-state index in [1.165, 1.54) is 12.8 Å². The second-order valence-electron chi connectivity index (χ2n) is 5.68. The van der Waals surface area contributed by atoms with Crippen LogP contribution in [0.15, 0.2) is 54.6 Å². The number of unbranched alkanes of at least 4 members (excludes halogenated alkanes) is 3. The molecule has 0 bridgehead atoms. The van der Waals surface area contributed by atoms with Gasteiger partial charge in [0.25, 0.3) is 5.91 Å². The van der Waals surface area contributed by atoms with Gasteiger partial charge in [-0.3, -0.25) is 10.1 Å². The standard InChI is InChI=1S/C20H24N2O2S/c1-2-3-4-10-15-24-18-14-9-8-13-17(18)19(23)22-20(25)21-16-11-6-5-7-12-16/h5-9,11-14H,2-4,10,15H2,1H3,(H2,21,22,23,25). The molecule has 2 aromatic carbocycles. The Morgan fingerprint density at radius 2 is 1.72 bits per heavy atom. The fourth-order valence-corrected chi connectivity index (χ4v) is 2.56. The molecular formula is C20H24N2O2S. The summed E-state index contributed by atoms with van der Waals surface area (Å²) < 4.78 is 5.78. The number of anilines is 1. The van der Waals surface area contributed by atoms with Gasteiger partial charge in [-0.1, -0.05) is 56.5 Å². The third-order valence-electron chi connectivity index (χ3n) is 3.65. The van der Waals surface area contributed by atoms with E-state index < -0.39 is 0 Å². The summed E-state index contributed by atoms with van der Waals surface area (Å²) in [7, 11) is 0. The summed E-state index contributed by atoms with van der Waals surface area (Å²) in [4.78, 5) is 12.5. The van der Waals surface area contributed by atoms with Crippen molar-refractivity contribution in [3.63, 3.8) is 0 Å². The molecule has 5 heteroatoms. The number of ether oxygens (including phenoxy) is 1. The van der Waals surface area contributed by atoms with Crippen LogP contribution in [0.5, 0.6) is 5.75 Å². The minimum atomic E-state index is -0.280. The Morgan fingerprint density at radius 1 is 1.00 bits per heavy atom.